The quantitative estimate of drug-likeness (QED) is 0.0820. The van der Waals surface area contributed by atoms with Crippen LogP contribution in [0.15, 0.2) is 54.2 Å². The lowest BCUT2D eigenvalue weighted by molar-refractivity contribution is -0.149. The lowest BCUT2D eigenvalue weighted by atomic mass is 9.89. The average Bonchev–Trinajstić information content (AvgIpc) is 2.92. The van der Waals surface area contributed by atoms with E-state index in [9.17, 15) is 24.6 Å². The predicted octanol–water partition coefficient (Wildman–Crippen LogP) is 8.79. The molecule has 2 N–H and O–H groups in total. The number of carbonyl (C=O) groups is 3. The van der Waals surface area contributed by atoms with E-state index < -0.39 is 35.1 Å². The lowest BCUT2D eigenvalue weighted by Crippen LogP contribution is -2.16. The van der Waals surface area contributed by atoms with Gasteiger partial charge in [-0.3, -0.25) is 14.4 Å². The number of aromatic hydroxyl groups is 2. The van der Waals surface area contributed by atoms with Crippen LogP contribution in [0.25, 0.3) is 0 Å². The number of phenolic OH excluding ortho intramolecular Hbond substituents is 2. The molecule has 0 unspecified atom stereocenters. The molecule has 0 spiro atoms. The fourth-order valence-electron chi connectivity index (χ4n) is 4.61. The highest BCUT2D eigenvalue weighted by Gasteiger charge is 2.31. The monoisotopic (exact) mass is 550 g/mol. The summed E-state index contributed by atoms with van der Waals surface area (Å²) in [5.74, 6) is -2.44. The summed E-state index contributed by atoms with van der Waals surface area (Å²) in [7, 11) is 0. The number of unbranched alkanes of at least 4 members (excludes halogenated alkanes) is 8. The van der Waals surface area contributed by atoms with Gasteiger partial charge < -0.3 is 14.9 Å². The third-order valence-electron chi connectivity index (χ3n) is 6.88. The Hall–Kier alpha value is -3.41. The minimum absolute atomic E-state index is 0.103. The largest absolute Gasteiger partial charge is 0.507 e. The zero-order chi connectivity index (χ0) is 29.3. The van der Waals surface area contributed by atoms with Gasteiger partial charge in [0.2, 0.25) is 0 Å². The van der Waals surface area contributed by atoms with E-state index in [0.29, 0.717) is 6.42 Å². The Kier molecular flexibility index (Phi) is 14.8. The van der Waals surface area contributed by atoms with Crippen molar-refractivity contribution in [1.82, 2.24) is 0 Å². The van der Waals surface area contributed by atoms with Crippen molar-refractivity contribution >= 4 is 17.5 Å². The molecule has 218 valence electrons. The van der Waals surface area contributed by atoms with Crippen LogP contribution in [0, 0.1) is 0 Å². The molecule has 1 aromatic rings. The fourth-order valence-corrected chi connectivity index (χ4v) is 4.61. The summed E-state index contributed by atoms with van der Waals surface area (Å²) in [5, 5.41) is 21.3. The van der Waals surface area contributed by atoms with Crippen LogP contribution in [0.2, 0.25) is 0 Å². The lowest BCUT2D eigenvalue weighted by Gasteiger charge is -2.22. The van der Waals surface area contributed by atoms with Gasteiger partial charge in [-0.25, -0.2) is 0 Å². The topological polar surface area (TPSA) is 101 Å². The first-order chi connectivity index (χ1) is 19.3. The number of ether oxygens (including phenoxy) is 1. The molecular weight excluding hydrogens is 504 g/mol. The van der Waals surface area contributed by atoms with Gasteiger partial charge in [0.1, 0.15) is 17.6 Å². The fraction of sp³-hybridized carbons (Fsp3) is 0.500. The van der Waals surface area contributed by atoms with Crippen LogP contribution in [0.1, 0.15) is 137 Å². The molecule has 6 nitrogen and oxygen atoms in total. The number of ketones is 2. The van der Waals surface area contributed by atoms with Gasteiger partial charge in [-0.2, -0.15) is 0 Å². The smallest absolute Gasteiger partial charge is 0.306 e. The number of hydrogen-bond donors (Lipinski definition) is 2. The van der Waals surface area contributed by atoms with Crippen molar-refractivity contribution in [2.75, 3.05) is 0 Å². The van der Waals surface area contributed by atoms with E-state index in [1.54, 1.807) is 0 Å². The second kappa shape index (κ2) is 18.0. The third-order valence-corrected chi connectivity index (χ3v) is 6.88. The molecule has 0 aromatic heterocycles. The van der Waals surface area contributed by atoms with Crippen LogP contribution >= 0.6 is 0 Å². The molecule has 0 amide bonds. The van der Waals surface area contributed by atoms with Crippen molar-refractivity contribution in [2.24, 2.45) is 0 Å². The van der Waals surface area contributed by atoms with Crippen LogP contribution in [-0.2, 0) is 9.53 Å². The van der Waals surface area contributed by atoms with E-state index in [1.807, 2.05) is 19.9 Å². The normalized spacial score (nSPS) is 13.7. The number of allylic oxidation sites excluding steroid dienone is 7. The SMILES string of the molecule is CCCCCCCCC=CCC=CCCCCC(=O)O[C@H](CC=C(C)C)c1cc(O)c2c(c1O)C(=O)C=CC2=O. The van der Waals surface area contributed by atoms with Crippen molar-refractivity contribution < 1.29 is 29.3 Å². The summed E-state index contributed by atoms with van der Waals surface area (Å²) in [6, 6.07) is 1.21. The molecule has 6 heteroatoms. The van der Waals surface area contributed by atoms with Crippen LogP contribution in [0.4, 0.5) is 0 Å². The summed E-state index contributed by atoms with van der Waals surface area (Å²) in [5.41, 5.74) is 0.596. The van der Waals surface area contributed by atoms with E-state index in [0.717, 1.165) is 43.4 Å². The summed E-state index contributed by atoms with van der Waals surface area (Å²) in [6.45, 7) is 6.03. The Morgan fingerprint density at radius 2 is 1.45 bits per heavy atom. The molecule has 0 aliphatic heterocycles. The number of fused-ring (bicyclic) bond motifs is 1. The third kappa shape index (κ3) is 11.0. The van der Waals surface area contributed by atoms with Gasteiger partial charge in [-0.05, 0) is 70.6 Å². The number of phenols is 2. The maximum Gasteiger partial charge on any atom is 0.306 e. The van der Waals surface area contributed by atoms with Gasteiger partial charge in [0.25, 0.3) is 0 Å². The molecule has 1 aliphatic carbocycles. The van der Waals surface area contributed by atoms with Crippen LogP contribution in [0.3, 0.4) is 0 Å². The predicted molar refractivity (Wildman–Crippen MR) is 160 cm³/mol. The summed E-state index contributed by atoms with van der Waals surface area (Å²) in [6.07, 6.45) is 24.6. The van der Waals surface area contributed by atoms with E-state index in [1.165, 1.54) is 44.6 Å². The highest BCUT2D eigenvalue weighted by Crippen LogP contribution is 2.41. The maximum atomic E-state index is 12.7. The minimum atomic E-state index is -0.907. The molecule has 0 saturated carbocycles. The van der Waals surface area contributed by atoms with Gasteiger partial charge in [0.15, 0.2) is 11.6 Å². The Morgan fingerprint density at radius 3 is 2.10 bits per heavy atom. The van der Waals surface area contributed by atoms with Crippen LogP contribution < -0.4 is 0 Å². The van der Waals surface area contributed by atoms with Crippen molar-refractivity contribution in [3.05, 3.63) is 70.9 Å². The van der Waals surface area contributed by atoms with E-state index >= 15 is 0 Å². The first-order valence-corrected chi connectivity index (χ1v) is 14.7. The number of hydrogen-bond acceptors (Lipinski definition) is 6. The highest BCUT2D eigenvalue weighted by molar-refractivity contribution is 6.24. The standard InChI is InChI=1S/C34H46O6/c1-4-5-6-7-8-9-10-11-12-13-14-15-16-17-18-19-31(38)40-30(23-20-25(2)3)26-24-29(37)32-27(35)21-22-28(36)33(32)34(26)39/h11-12,14-15,20-22,24,30,37,39H,4-10,13,16-19,23H2,1-3H3/t30-/m1/s1. The zero-order valence-electron chi connectivity index (χ0n) is 24.4. The van der Waals surface area contributed by atoms with Gasteiger partial charge in [-0.15, -0.1) is 0 Å². The number of esters is 1. The van der Waals surface area contributed by atoms with Crippen molar-refractivity contribution in [3.63, 3.8) is 0 Å². The average molecular weight is 551 g/mol. The van der Waals surface area contributed by atoms with Crippen LogP contribution in [0.5, 0.6) is 11.5 Å². The molecule has 1 aliphatic rings. The number of rotatable bonds is 18. The molecule has 0 bridgehead atoms. The Balaban J connectivity index is 1.83. The molecular formula is C34H46O6. The summed E-state index contributed by atoms with van der Waals surface area (Å²) >= 11 is 0. The van der Waals surface area contributed by atoms with Crippen molar-refractivity contribution in [3.8, 4) is 11.5 Å². The maximum absolute atomic E-state index is 12.7. The number of carbonyl (C=O) groups excluding carboxylic acids is 3. The summed E-state index contributed by atoms with van der Waals surface area (Å²) < 4.78 is 5.70. The van der Waals surface area contributed by atoms with E-state index in [-0.39, 0.29) is 29.5 Å². The summed E-state index contributed by atoms with van der Waals surface area (Å²) in [4.78, 5) is 37.2. The first-order valence-electron chi connectivity index (χ1n) is 14.7. The second-order valence-corrected chi connectivity index (χ2v) is 10.6. The van der Waals surface area contributed by atoms with E-state index in [2.05, 4.69) is 31.2 Å². The zero-order valence-corrected chi connectivity index (χ0v) is 24.4. The Morgan fingerprint density at radius 1 is 0.850 bits per heavy atom. The molecule has 1 aromatic carbocycles. The highest BCUT2D eigenvalue weighted by atomic mass is 16.5. The van der Waals surface area contributed by atoms with Gasteiger partial charge in [0, 0.05) is 18.4 Å². The molecule has 0 fully saturated rings. The molecule has 0 heterocycles. The molecule has 2 rings (SSSR count). The van der Waals surface area contributed by atoms with Gasteiger partial charge in [0.05, 0.1) is 11.1 Å². The van der Waals surface area contributed by atoms with Gasteiger partial charge in [-0.1, -0.05) is 75.0 Å². The first kappa shape index (κ1) is 32.8. The van der Waals surface area contributed by atoms with Gasteiger partial charge >= 0.3 is 5.97 Å². The van der Waals surface area contributed by atoms with E-state index in [4.69, 9.17) is 4.74 Å². The van der Waals surface area contributed by atoms with Crippen LogP contribution in [-0.4, -0.2) is 27.7 Å². The Labute approximate surface area is 239 Å². The second-order valence-electron chi connectivity index (χ2n) is 10.6. The molecule has 1 atom stereocenters. The molecule has 0 saturated heterocycles. The molecule has 40 heavy (non-hydrogen) atoms. The number of benzene rings is 1. The Bertz CT molecular complexity index is 1120. The van der Waals surface area contributed by atoms with Crippen molar-refractivity contribution in [1.29, 1.82) is 0 Å². The minimum Gasteiger partial charge on any atom is -0.507 e. The van der Waals surface area contributed by atoms with Crippen molar-refractivity contribution in [2.45, 2.75) is 110 Å². The molecule has 0 radical (unpaired) electrons.